The van der Waals surface area contributed by atoms with Crippen LogP contribution in [0, 0.1) is 6.92 Å². The summed E-state index contributed by atoms with van der Waals surface area (Å²) < 4.78 is 5.30. The second-order valence-electron chi connectivity index (χ2n) is 4.68. The Kier molecular flexibility index (Phi) is 4.47. The Morgan fingerprint density at radius 3 is 2.60 bits per heavy atom. The van der Waals surface area contributed by atoms with Crippen molar-refractivity contribution in [3.63, 3.8) is 0 Å². The van der Waals surface area contributed by atoms with E-state index >= 15 is 0 Å². The highest BCUT2D eigenvalue weighted by atomic mass is 35.5. The molecule has 1 heterocycles. The van der Waals surface area contributed by atoms with E-state index in [1.807, 2.05) is 31.2 Å². The second kappa shape index (κ2) is 6.11. The van der Waals surface area contributed by atoms with Gasteiger partial charge in [0.2, 0.25) is 5.76 Å². The van der Waals surface area contributed by atoms with Crippen LogP contribution in [-0.2, 0) is 6.54 Å². The molecular weight excluding hydrogens is 278 g/mol. The molecule has 2 aromatic rings. The number of halogens is 1. The fraction of sp³-hybridized carbons (Fsp3) is 0.267. The Balaban J connectivity index is 1.99. The summed E-state index contributed by atoms with van der Waals surface area (Å²) in [5, 5.41) is 12.9. The molecule has 2 rings (SSSR count). The molecule has 0 saturated carbocycles. The van der Waals surface area contributed by atoms with Gasteiger partial charge in [0.1, 0.15) is 5.76 Å². The average molecular weight is 294 g/mol. The lowest BCUT2D eigenvalue weighted by Gasteiger charge is -2.13. The van der Waals surface area contributed by atoms with Crippen LogP contribution in [0.2, 0.25) is 5.02 Å². The third-order valence-corrected chi connectivity index (χ3v) is 3.37. The molecule has 0 saturated heterocycles. The molecule has 0 radical (unpaired) electrons. The van der Waals surface area contributed by atoms with Crippen LogP contribution in [0.25, 0.3) is 0 Å². The molecular formula is C15H16ClNO3. The zero-order valence-electron chi connectivity index (χ0n) is 11.3. The highest BCUT2D eigenvalue weighted by Crippen LogP contribution is 2.18. The van der Waals surface area contributed by atoms with Gasteiger partial charge in [-0.1, -0.05) is 23.7 Å². The normalized spacial score (nSPS) is 12.3. The number of hydrogen-bond donors (Lipinski definition) is 2. The lowest BCUT2D eigenvalue weighted by molar-refractivity contribution is 0.0659. The molecule has 5 heteroatoms. The van der Waals surface area contributed by atoms with Crippen molar-refractivity contribution in [3.05, 3.63) is 58.0 Å². The van der Waals surface area contributed by atoms with Gasteiger partial charge in [0.15, 0.2) is 0 Å². The Morgan fingerprint density at radius 1 is 1.40 bits per heavy atom. The summed E-state index contributed by atoms with van der Waals surface area (Å²) in [7, 11) is 0. The standard InChI is InChI=1S/C15H16ClNO3/c1-9-7-13(20-14(9)15(18)19)8-17-10(2)11-3-5-12(16)6-4-11/h3-7,10,17H,8H2,1-2H3,(H,18,19)/t10-/m0/s1. The van der Waals surface area contributed by atoms with E-state index in [9.17, 15) is 4.79 Å². The smallest absolute Gasteiger partial charge is 0.372 e. The summed E-state index contributed by atoms with van der Waals surface area (Å²) in [6.45, 7) is 4.22. The summed E-state index contributed by atoms with van der Waals surface area (Å²) in [5.41, 5.74) is 1.74. The third kappa shape index (κ3) is 3.40. The summed E-state index contributed by atoms with van der Waals surface area (Å²) >= 11 is 5.85. The van der Waals surface area contributed by atoms with Gasteiger partial charge in [-0.25, -0.2) is 4.79 Å². The first-order valence-corrected chi connectivity index (χ1v) is 6.66. The lowest BCUT2D eigenvalue weighted by atomic mass is 10.1. The van der Waals surface area contributed by atoms with Gasteiger partial charge in [-0.15, -0.1) is 0 Å². The van der Waals surface area contributed by atoms with Crippen LogP contribution in [0.4, 0.5) is 0 Å². The van der Waals surface area contributed by atoms with Crippen LogP contribution in [0.5, 0.6) is 0 Å². The average Bonchev–Trinajstić information content (AvgIpc) is 2.78. The van der Waals surface area contributed by atoms with Gasteiger partial charge in [0, 0.05) is 16.6 Å². The minimum atomic E-state index is -1.04. The first-order chi connectivity index (χ1) is 9.47. The number of rotatable bonds is 5. The molecule has 1 aromatic carbocycles. The Morgan fingerprint density at radius 2 is 2.05 bits per heavy atom. The molecule has 1 atom stereocenters. The monoisotopic (exact) mass is 293 g/mol. The molecule has 106 valence electrons. The highest BCUT2D eigenvalue weighted by Gasteiger charge is 2.14. The molecule has 20 heavy (non-hydrogen) atoms. The third-order valence-electron chi connectivity index (χ3n) is 3.12. The summed E-state index contributed by atoms with van der Waals surface area (Å²) in [4.78, 5) is 10.9. The number of furan rings is 1. The summed E-state index contributed by atoms with van der Waals surface area (Å²) in [6.07, 6.45) is 0. The van der Waals surface area contributed by atoms with E-state index in [1.165, 1.54) is 0 Å². The number of carboxylic acid groups (broad SMARTS) is 1. The highest BCUT2D eigenvalue weighted by molar-refractivity contribution is 6.30. The number of carbonyl (C=O) groups is 1. The molecule has 0 aliphatic heterocycles. The van der Waals surface area contributed by atoms with Gasteiger partial charge in [-0.3, -0.25) is 0 Å². The van der Waals surface area contributed by atoms with Crippen LogP contribution < -0.4 is 5.32 Å². The minimum Gasteiger partial charge on any atom is -0.475 e. The first kappa shape index (κ1) is 14.6. The quantitative estimate of drug-likeness (QED) is 0.880. The predicted octanol–water partition coefficient (Wildman–Crippen LogP) is 3.79. The van der Waals surface area contributed by atoms with Gasteiger partial charge >= 0.3 is 5.97 Å². The number of hydrogen-bond acceptors (Lipinski definition) is 3. The molecule has 1 aromatic heterocycles. The molecule has 4 nitrogen and oxygen atoms in total. The van der Waals surface area contributed by atoms with Gasteiger partial charge in [0.25, 0.3) is 0 Å². The van der Waals surface area contributed by atoms with Crippen molar-refractivity contribution < 1.29 is 14.3 Å². The van der Waals surface area contributed by atoms with Crippen molar-refractivity contribution in [2.75, 3.05) is 0 Å². The number of aryl methyl sites for hydroxylation is 1. The van der Waals surface area contributed by atoms with E-state index in [1.54, 1.807) is 13.0 Å². The maximum atomic E-state index is 10.9. The molecule has 0 spiro atoms. The fourth-order valence-electron chi connectivity index (χ4n) is 1.97. The molecule has 0 unspecified atom stereocenters. The van der Waals surface area contributed by atoms with Crippen molar-refractivity contribution >= 4 is 17.6 Å². The van der Waals surface area contributed by atoms with E-state index in [4.69, 9.17) is 21.1 Å². The van der Waals surface area contributed by atoms with Gasteiger partial charge in [-0.2, -0.15) is 0 Å². The van der Waals surface area contributed by atoms with Crippen LogP contribution in [0.15, 0.2) is 34.7 Å². The maximum Gasteiger partial charge on any atom is 0.372 e. The van der Waals surface area contributed by atoms with Crippen LogP contribution in [0.3, 0.4) is 0 Å². The van der Waals surface area contributed by atoms with Crippen molar-refractivity contribution in [3.8, 4) is 0 Å². The topological polar surface area (TPSA) is 62.5 Å². The minimum absolute atomic E-state index is 0.000876. The summed E-state index contributed by atoms with van der Waals surface area (Å²) in [6, 6.07) is 9.45. The number of benzene rings is 1. The number of aromatic carboxylic acids is 1. The van der Waals surface area contributed by atoms with Crippen LogP contribution >= 0.6 is 11.6 Å². The van der Waals surface area contributed by atoms with E-state index in [-0.39, 0.29) is 11.8 Å². The predicted molar refractivity (Wildman–Crippen MR) is 77.1 cm³/mol. The van der Waals surface area contributed by atoms with Crippen molar-refractivity contribution in [1.29, 1.82) is 0 Å². The summed E-state index contributed by atoms with van der Waals surface area (Å²) in [5.74, 6) is -0.429. The Hall–Kier alpha value is -1.78. The van der Waals surface area contributed by atoms with E-state index in [2.05, 4.69) is 5.32 Å². The number of nitrogens with one attached hydrogen (secondary N) is 1. The van der Waals surface area contributed by atoms with E-state index in [0.29, 0.717) is 22.9 Å². The largest absolute Gasteiger partial charge is 0.475 e. The molecule has 0 aliphatic carbocycles. The SMILES string of the molecule is Cc1cc(CN[C@@H](C)c2ccc(Cl)cc2)oc1C(=O)O. The van der Waals surface area contributed by atoms with Gasteiger partial charge < -0.3 is 14.8 Å². The van der Waals surface area contributed by atoms with Crippen LogP contribution in [-0.4, -0.2) is 11.1 Å². The zero-order chi connectivity index (χ0) is 14.7. The van der Waals surface area contributed by atoms with E-state index < -0.39 is 5.97 Å². The Bertz CT molecular complexity index is 604. The molecule has 2 N–H and O–H groups in total. The maximum absolute atomic E-state index is 10.9. The second-order valence-corrected chi connectivity index (χ2v) is 5.12. The lowest BCUT2D eigenvalue weighted by Crippen LogP contribution is -2.17. The van der Waals surface area contributed by atoms with E-state index in [0.717, 1.165) is 5.56 Å². The van der Waals surface area contributed by atoms with Gasteiger partial charge in [0.05, 0.1) is 6.54 Å². The van der Waals surface area contributed by atoms with Crippen molar-refractivity contribution in [1.82, 2.24) is 5.32 Å². The molecule has 0 aliphatic rings. The number of carboxylic acids is 1. The van der Waals surface area contributed by atoms with Crippen molar-refractivity contribution in [2.45, 2.75) is 26.4 Å². The molecule has 0 bridgehead atoms. The van der Waals surface area contributed by atoms with Crippen molar-refractivity contribution in [2.24, 2.45) is 0 Å². The van der Waals surface area contributed by atoms with Gasteiger partial charge in [-0.05, 0) is 37.6 Å². The zero-order valence-corrected chi connectivity index (χ0v) is 12.1. The first-order valence-electron chi connectivity index (χ1n) is 6.29. The van der Waals surface area contributed by atoms with Crippen LogP contribution in [0.1, 0.15) is 40.4 Å². The fourth-order valence-corrected chi connectivity index (χ4v) is 2.10. The molecule has 0 fully saturated rings. The Labute approximate surface area is 122 Å². The molecule has 0 amide bonds.